The van der Waals surface area contributed by atoms with Crippen molar-refractivity contribution < 1.29 is 14.2 Å². The highest BCUT2D eigenvalue weighted by Gasteiger charge is 2.11. The molecule has 0 aromatic heterocycles. The smallest absolute Gasteiger partial charge is 0.135 e. The molecule has 0 bridgehead atoms. The first-order chi connectivity index (χ1) is 14.3. The van der Waals surface area contributed by atoms with Crippen LogP contribution in [-0.4, -0.2) is 14.2 Å². The zero-order chi connectivity index (χ0) is 20.1. The summed E-state index contributed by atoms with van der Waals surface area (Å²) in [6.07, 6.45) is 0. The molecule has 0 saturated carbocycles. The normalized spacial score (nSPS) is 10.4. The standard InChI is InChI=1S/C26H22O3/c1-27-21-15-11-19(12-16-21)23-7-3-5-9-25(23)29-26-10-6-4-8-24(26)20-13-17-22(28-2)18-14-20/h3-18H,1-2H3. The van der Waals surface area contributed by atoms with Crippen LogP contribution in [0.5, 0.6) is 23.0 Å². The van der Waals surface area contributed by atoms with Crippen molar-refractivity contribution in [2.45, 2.75) is 0 Å². The molecule has 0 N–H and O–H groups in total. The Labute approximate surface area is 171 Å². The van der Waals surface area contributed by atoms with Gasteiger partial charge in [-0.15, -0.1) is 0 Å². The maximum atomic E-state index is 6.40. The van der Waals surface area contributed by atoms with E-state index >= 15 is 0 Å². The first-order valence-corrected chi connectivity index (χ1v) is 9.43. The second-order valence-electron chi connectivity index (χ2n) is 6.55. The van der Waals surface area contributed by atoms with E-state index in [2.05, 4.69) is 12.1 Å². The van der Waals surface area contributed by atoms with E-state index in [0.717, 1.165) is 45.3 Å². The van der Waals surface area contributed by atoms with Gasteiger partial charge in [0.2, 0.25) is 0 Å². The summed E-state index contributed by atoms with van der Waals surface area (Å²) in [5.74, 6) is 3.27. The molecular weight excluding hydrogens is 360 g/mol. The van der Waals surface area contributed by atoms with Gasteiger partial charge in [0.05, 0.1) is 14.2 Å². The minimum absolute atomic E-state index is 0.804. The molecule has 4 aromatic carbocycles. The van der Waals surface area contributed by atoms with Gasteiger partial charge in [0.25, 0.3) is 0 Å². The van der Waals surface area contributed by atoms with E-state index in [-0.39, 0.29) is 0 Å². The summed E-state index contributed by atoms with van der Waals surface area (Å²) in [6, 6.07) is 32.1. The molecular formula is C26H22O3. The van der Waals surface area contributed by atoms with Crippen molar-refractivity contribution in [3.63, 3.8) is 0 Å². The summed E-state index contributed by atoms with van der Waals surface area (Å²) in [4.78, 5) is 0. The van der Waals surface area contributed by atoms with Crippen LogP contribution in [0.2, 0.25) is 0 Å². The SMILES string of the molecule is COc1ccc(-c2ccccc2Oc2ccccc2-c2ccc(OC)cc2)cc1. The lowest BCUT2D eigenvalue weighted by Gasteiger charge is -2.15. The molecule has 0 radical (unpaired) electrons. The quantitative estimate of drug-likeness (QED) is 0.366. The van der Waals surface area contributed by atoms with E-state index in [1.165, 1.54) is 0 Å². The first kappa shape index (κ1) is 18.6. The van der Waals surface area contributed by atoms with Gasteiger partial charge >= 0.3 is 0 Å². The van der Waals surface area contributed by atoms with Gasteiger partial charge in [-0.05, 0) is 47.5 Å². The van der Waals surface area contributed by atoms with Crippen LogP contribution in [0.3, 0.4) is 0 Å². The number of benzene rings is 4. The number of rotatable bonds is 6. The van der Waals surface area contributed by atoms with E-state index < -0.39 is 0 Å². The molecule has 4 rings (SSSR count). The van der Waals surface area contributed by atoms with Crippen LogP contribution < -0.4 is 14.2 Å². The minimum atomic E-state index is 0.804. The van der Waals surface area contributed by atoms with E-state index in [1.54, 1.807) is 14.2 Å². The highest BCUT2D eigenvalue weighted by atomic mass is 16.5. The molecule has 0 aliphatic carbocycles. The van der Waals surface area contributed by atoms with Gasteiger partial charge in [0.1, 0.15) is 23.0 Å². The number of hydrogen-bond acceptors (Lipinski definition) is 3. The topological polar surface area (TPSA) is 27.7 Å². The van der Waals surface area contributed by atoms with Crippen LogP contribution in [0.15, 0.2) is 97.1 Å². The molecule has 144 valence electrons. The maximum absolute atomic E-state index is 6.40. The molecule has 4 aromatic rings. The Morgan fingerprint density at radius 1 is 0.448 bits per heavy atom. The molecule has 29 heavy (non-hydrogen) atoms. The molecule has 0 saturated heterocycles. The second-order valence-corrected chi connectivity index (χ2v) is 6.55. The average molecular weight is 382 g/mol. The lowest BCUT2D eigenvalue weighted by Crippen LogP contribution is -1.91. The van der Waals surface area contributed by atoms with Crippen molar-refractivity contribution in [1.29, 1.82) is 0 Å². The van der Waals surface area contributed by atoms with Crippen LogP contribution in [0, 0.1) is 0 Å². The summed E-state index contributed by atoms with van der Waals surface area (Å²) in [5, 5.41) is 0. The molecule has 3 heteroatoms. The van der Waals surface area contributed by atoms with Crippen LogP contribution in [0.25, 0.3) is 22.3 Å². The lowest BCUT2D eigenvalue weighted by atomic mass is 10.0. The summed E-state index contributed by atoms with van der Waals surface area (Å²) >= 11 is 0. The Kier molecular flexibility index (Phi) is 5.48. The Balaban J connectivity index is 1.70. The van der Waals surface area contributed by atoms with E-state index in [9.17, 15) is 0 Å². The van der Waals surface area contributed by atoms with Crippen LogP contribution in [0.4, 0.5) is 0 Å². The van der Waals surface area contributed by atoms with Crippen molar-refractivity contribution in [3.8, 4) is 45.3 Å². The van der Waals surface area contributed by atoms with Crippen molar-refractivity contribution >= 4 is 0 Å². The predicted molar refractivity (Wildman–Crippen MR) is 117 cm³/mol. The van der Waals surface area contributed by atoms with Gasteiger partial charge in [0, 0.05) is 11.1 Å². The molecule has 0 atom stereocenters. The molecule has 0 amide bonds. The van der Waals surface area contributed by atoms with Crippen molar-refractivity contribution in [2.75, 3.05) is 14.2 Å². The van der Waals surface area contributed by atoms with Gasteiger partial charge in [-0.2, -0.15) is 0 Å². The van der Waals surface area contributed by atoms with E-state index in [0.29, 0.717) is 0 Å². The van der Waals surface area contributed by atoms with Gasteiger partial charge in [0.15, 0.2) is 0 Å². The molecule has 0 fully saturated rings. The minimum Gasteiger partial charge on any atom is -0.497 e. The van der Waals surface area contributed by atoms with Crippen molar-refractivity contribution in [2.24, 2.45) is 0 Å². The van der Waals surface area contributed by atoms with Crippen molar-refractivity contribution in [3.05, 3.63) is 97.1 Å². The number of hydrogen-bond donors (Lipinski definition) is 0. The molecule has 0 aliphatic rings. The first-order valence-electron chi connectivity index (χ1n) is 9.43. The fraction of sp³-hybridized carbons (Fsp3) is 0.0769. The third-order valence-electron chi connectivity index (χ3n) is 4.80. The molecule has 0 aliphatic heterocycles. The highest BCUT2D eigenvalue weighted by molar-refractivity contribution is 5.74. The zero-order valence-electron chi connectivity index (χ0n) is 16.5. The van der Waals surface area contributed by atoms with Crippen LogP contribution >= 0.6 is 0 Å². The van der Waals surface area contributed by atoms with Gasteiger partial charge in [-0.25, -0.2) is 0 Å². The maximum Gasteiger partial charge on any atom is 0.135 e. The predicted octanol–water partition coefficient (Wildman–Crippen LogP) is 6.83. The third kappa shape index (κ3) is 4.09. The van der Waals surface area contributed by atoms with E-state index in [4.69, 9.17) is 14.2 Å². The highest BCUT2D eigenvalue weighted by Crippen LogP contribution is 2.38. The summed E-state index contributed by atoms with van der Waals surface area (Å²) in [5.41, 5.74) is 4.20. The summed E-state index contributed by atoms with van der Waals surface area (Å²) < 4.78 is 16.9. The van der Waals surface area contributed by atoms with Gasteiger partial charge in [-0.3, -0.25) is 0 Å². The zero-order valence-corrected chi connectivity index (χ0v) is 16.5. The summed E-state index contributed by atoms with van der Waals surface area (Å²) in [7, 11) is 3.34. The van der Waals surface area contributed by atoms with Crippen molar-refractivity contribution in [1.82, 2.24) is 0 Å². The van der Waals surface area contributed by atoms with Gasteiger partial charge in [-0.1, -0.05) is 60.7 Å². The molecule has 0 unspecified atom stereocenters. The van der Waals surface area contributed by atoms with Gasteiger partial charge < -0.3 is 14.2 Å². The number of ether oxygens (including phenoxy) is 3. The third-order valence-corrected chi connectivity index (χ3v) is 4.80. The Hall–Kier alpha value is -3.72. The second kappa shape index (κ2) is 8.53. The fourth-order valence-electron chi connectivity index (χ4n) is 3.25. The Morgan fingerprint density at radius 3 is 1.21 bits per heavy atom. The molecule has 0 spiro atoms. The van der Waals surface area contributed by atoms with Crippen LogP contribution in [0.1, 0.15) is 0 Å². The largest absolute Gasteiger partial charge is 0.497 e. The Morgan fingerprint density at radius 2 is 0.828 bits per heavy atom. The van der Waals surface area contributed by atoms with E-state index in [1.807, 2.05) is 84.9 Å². The fourth-order valence-corrected chi connectivity index (χ4v) is 3.25. The number of para-hydroxylation sites is 2. The monoisotopic (exact) mass is 382 g/mol. The Bertz CT molecular complexity index is 994. The molecule has 3 nitrogen and oxygen atoms in total. The van der Waals surface area contributed by atoms with Crippen LogP contribution in [-0.2, 0) is 0 Å². The molecule has 0 heterocycles. The lowest BCUT2D eigenvalue weighted by molar-refractivity contribution is 0.415. The number of methoxy groups -OCH3 is 2. The average Bonchev–Trinajstić information content (AvgIpc) is 2.80. The summed E-state index contributed by atoms with van der Waals surface area (Å²) in [6.45, 7) is 0.